The van der Waals surface area contributed by atoms with E-state index in [1.165, 1.54) is 11.8 Å². The van der Waals surface area contributed by atoms with E-state index >= 15 is 0 Å². The van der Waals surface area contributed by atoms with Gasteiger partial charge in [-0.2, -0.15) is 10.4 Å². The van der Waals surface area contributed by atoms with Crippen molar-refractivity contribution in [2.45, 2.75) is 25.6 Å². The topological polar surface area (TPSA) is 100 Å². The zero-order chi connectivity index (χ0) is 23.8. The van der Waals surface area contributed by atoms with Crippen LogP contribution in [-0.2, 0) is 11.4 Å². The molecular weight excluding hydrogens is 664 g/mol. The van der Waals surface area contributed by atoms with Gasteiger partial charge in [0.1, 0.15) is 12.4 Å². The zero-order valence-corrected chi connectivity index (χ0v) is 22.9. The summed E-state index contributed by atoms with van der Waals surface area (Å²) in [4.78, 5) is 20.8. The Balaban J connectivity index is 1.65. The summed E-state index contributed by atoms with van der Waals surface area (Å²) in [6.07, 6.45) is 1.56. The largest absolute Gasteiger partial charge is 0.487 e. The number of hydrazone groups is 1. The maximum Gasteiger partial charge on any atom is 0.250 e. The van der Waals surface area contributed by atoms with Crippen LogP contribution in [0.5, 0.6) is 5.75 Å². The summed E-state index contributed by atoms with van der Waals surface area (Å²) in [5, 5.41) is 14.0. The summed E-state index contributed by atoms with van der Waals surface area (Å²) in [5.41, 5.74) is 6.37. The van der Waals surface area contributed by atoms with E-state index in [1.54, 1.807) is 12.3 Å². The number of carbonyl (C=O) groups is 1. The van der Waals surface area contributed by atoms with Crippen molar-refractivity contribution in [2.24, 2.45) is 5.10 Å². The molecular formula is C23H19I2N5O2S. The van der Waals surface area contributed by atoms with Gasteiger partial charge < -0.3 is 4.74 Å². The van der Waals surface area contributed by atoms with Crippen molar-refractivity contribution >= 4 is 69.1 Å². The highest BCUT2D eigenvalue weighted by atomic mass is 127. The molecule has 1 aromatic heterocycles. The molecule has 0 aliphatic rings. The van der Waals surface area contributed by atoms with E-state index in [0.29, 0.717) is 16.5 Å². The number of aryl methyl sites for hydroxylation is 2. The number of hydrogen-bond donors (Lipinski definition) is 1. The third-order valence-corrected chi connectivity index (χ3v) is 6.51. The summed E-state index contributed by atoms with van der Waals surface area (Å²) in [7, 11) is 0. The molecule has 0 aliphatic heterocycles. The Morgan fingerprint density at radius 2 is 1.94 bits per heavy atom. The van der Waals surface area contributed by atoms with Gasteiger partial charge in [0.25, 0.3) is 5.91 Å². The number of benzene rings is 2. The molecule has 0 atom stereocenters. The van der Waals surface area contributed by atoms with Crippen molar-refractivity contribution < 1.29 is 9.53 Å². The number of nitriles is 1. The first-order valence-corrected chi connectivity index (χ1v) is 12.9. The van der Waals surface area contributed by atoms with E-state index in [4.69, 9.17) is 4.74 Å². The van der Waals surface area contributed by atoms with Crippen molar-refractivity contribution in [1.29, 1.82) is 5.26 Å². The van der Waals surface area contributed by atoms with Crippen LogP contribution >= 0.6 is 56.9 Å². The molecule has 7 nitrogen and oxygen atoms in total. The molecule has 1 N–H and O–H groups in total. The van der Waals surface area contributed by atoms with Gasteiger partial charge in [0.15, 0.2) is 5.16 Å². The molecule has 2 aromatic carbocycles. The molecule has 3 aromatic rings. The van der Waals surface area contributed by atoms with Crippen LogP contribution in [0, 0.1) is 32.3 Å². The predicted octanol–water partition coefficient (Wildman–Crippen LogP) is 5.00. The van der Waals surface area contributed by atoms with Crippen LogP contribution in [0.1, 0.15) is 28.1 Å². The lowest BCUT2D eigenvalue weighted by atomic mass is 10.1. The van der Waals surface area contributed by atoms with E-state index in [9.17, 15) is 10.1 Å². The molecule has 0 fully saturated rings. The monoisotopic (exact) mass is 683 g/mol. The second-order valence-electron chi connectivity index (χ2n) is 6.88. The fourth-order valence-corrected chi connectivity index (χ4v) is 5.62. The number of halogens is 2. The summed E-state index contributed by atoms with van der Waals surface area (Å²) >= 11 is 5.68. The van der Waals surface area contributed by atoms with Crippen molar-refractivity contribution in [2.75, 3.05) is 5.75 Å². The van der Waals surface area contributed by atoms with E-state index in [0.717, 1.165) is 29.7 Å². The minimum atomic E-state index is -0.259. The number of aromatic nitrogens is 2. The molecule has 0 saturated carbocycles. The molecule has 1 amide bonds. The molecule has 3 rings (SSSR count). The molecule has 10 heteroatoms. The van der Waals surface area contributed by atoms with Gasteiger partial charge >= 0.3 is 0 Å². The van der Waals surface area contributed by atoms with Crippen LogP contribution in [0.15, 0.2) is 52.7 Å². The zero-order valence-electron chi connectivity index (χ0n) is 17.8. The van der Waals surface area contributed by atoms with Crippen LogP contribution in [0.3, 0.4) is 0 Å². The fraction of sp³-hybridized carbons (Fsp3) is 0.174. The first-order valence-electron chi connectivity index (χ1n) is 9.72. The van der Waals surface area contributed by atoms with Gasteiger partial charge in [-0.15, -0.1) is 0 Å². The highest BCUT2D eigenvalue weighted by Gasteiger charge is 2.11. The summed E-state index contributed by atoms with van der Waals surface area (Å²) in [6.45, 7) is 4.04. The maximum atomic E-state index is 12.2. The Kier molecular flexibility index (Phi) is 9.45. The molecule has 0 radical (unpaired) electrons. The number of amides is 1. The van der Waals surface area contributed by atoms with Gasteiger partial charge in [-0.1, -0.05) is 30.0 Å². The Morgan fingerprint density at radius 3 is 2.67 bits per heavy atom. The van der Waals surface area contributed by atoms with Crippen LogP contribution in [0.4, 0.5) is 0 Å². The summed E-state index contributed by atoms with van der Waals surface area (Å²) < 4.78 is 7.97. The average Bonchev–Trinajstić information content (AvgIpc) is 2.76. The first-order chi connectivity index (χ1) is 15.9. The Bertz CT molecular complexity index is 1220. The van der Waals surface area contributed by atoms with Crippen molar-refractivity contribution in [3.05, 3.63) is 77.7 Å². The van der Waals surface area contributed by atoms with Gasteiger partial charge in [-0.3, -0.25) is 4.79 Å². The minimum absolute atomic E-state index is 0.151. The van der Waals surface area contributed by atoms with Crippen molar-refractivity contribution in [3.8, 4) is 11.8 Å². The van der Waals surface area contributed by atoms with Crippen LogP contribution < -0.4 is 10.2 Å². The molecule has 0 spiro atoms. The number of rotatable bonds is 8. The van der Waals surface area contributed by atoms with Crippen molar-refractivity contribution in [1.82, 2.24) is 15.4 Å². The number of hydrogen-bond acceptors (Lipinski definition) is 7. The molecule has 0 aliphatic carbocycles. The number of thioether (sulfide) groups is 1. The van der Waals surface area contributed by atoms with Crippen LogP contribution in [-0.4, -0.2) is 27.8 Å². The number of nitrogens with one attached hydrogen (secondary N) is 1. The van der Waals surface area contributed by atoms with Crippen LogP contribution in [0.25, 0.3) is 0 Å². The van der Waals surface area contributed by atoms with E-state index < -0.39 is 0 Å². The van der Waals surface area contributed by atoms with Gasteiger partial charge in [-0.05, 0) is 83.3 Å². The highest BCUT2D eigenvalue weighted by molar-refractivity contribution is 14.1. The van der Waals surface area contributed by atoms with E-state index in [1.807, 2.05) is 50.2 Å². The highest BCUT2D eigenvalue weighted by Crippen LogP contribution is 2.28. The predicted molar refractivity (Wildman–Crippen MR) is 145 cm³/mol. The Morgan fingerprint density at radius 1 is 1.21 bits per heavy atom. The lowest BCUT2D eigenvalue weighted by Gasteiger charge is -2.13. The minimum Gasteiger partial charge on any atom is -0.487 e. The van der Waals surface area contributed by atoms with Gasteiger partial charge in [0.05, 0.1) is 27.2 Å². The van der Waals surface area contributed by atoms with Gasteiger partial charge in [-0.25, -0.2) is 15.4 Å². The molecule has 0 bridgehead atoms. The number of nitrogens with zero attached hydrogens (tertiary/aromatic N) is 4. The third-order valence-electron chi connectivity index (χ3n) is 4.23. The SMILES string of the molecule is Cc1cc(C)nc(SCC(=O)N/N=C\c2cc(I)cc(I)c2OCc2ccccc2C#N)n1. The van der Waals surface area contributed by atoms with E-state index in [2.05, 4.69) is 71.7 Å². The second-order valence-corrected chi connectivity index (χ2v) is 10.2. The Hall–Kier alpha value is -2.24. The maximum absolute atomic E-state index is 12.2. The molecule has 33 heavy (non-hydrogen) atoms. The lowest BCUT2D eigenvalue weighted by Crippen LogP contribution is -2.20. The second kappa shape index (κ2) is 12.3. The normalized spacial score (nSPS) is 10.8. The average molecular weight is 683 g/mol. The fourth-order valence-electron chi connectivity index (χ4n) is 2.83. The van der Waals surface area contributed by atoms with E-state index in [-0.39, 0.29) is 18.3 Å². The number of ether oxygens (including phenoxy) is 1. The third kappa shape index (κ3) is 7.65. The Labute approximate surface area is 223 Å². The summed E-state index contributed by atoms with van der Waals surface area (Å²) in [5.74, 6) is 0.530. The molecule has 1 heterocycles. The molecule has 0 saturated heterocycles. The lowest BCUT2D eigenvalue weighted by molar-refractivity contribution is -0.118. The van der Waals surface area contributed by atoms with Gasteiger partial charge in [0.2, 0.25) is 0 Å². The first kappa shape index (κ1) is 25.4. The standard InChI is InChI=1S/C23H19I2N5O2S/c1-14-7-15(2)29-23(28-14)33-13-21(31)30-27-11-18-8-19(24)9-20(25)22(18)32-12-17-6-4-3-5-16(17)10-26/h3-9,11H,12-13H2,1-2H3,(H,30,31)/b27-11-. The van der Waals surface area contributed by atoms with Crippen LogP contribution in [0.2, 0.25) is 0 Å². The summed E-state index contributed by atoms with van der Waals surface area (Å²) in [6, 6.07) is 15.3. The van der Waals surface area contributed by atoms with Gasteiger partial charge in [0, 0.05) is 26.1 Å². The smallest absolute Gasteiger partial charge is 0.250 e. The van der Waals surface area contributed by atoms with Crippen molar-refractivity contribution in [3.63, 3.8) is 0 Å². The molecule has 0 unspecified atom stereocenters. The quantitative estimate of drug-likeness (QED) is 0.118. The number of carbonyl (C=O) groups excluding carboxylic acids is 1. The molecule has 168 valence electrons.